The van der Waals surface area contributed by atoms with Crippen molar-refractivity contribution in [1.29, 1.82) is 0 Å². The Balaban J connectivity index is 2.14. The van der Waals surface area contributed by atoms with E-state index in [2.05, 4.69) is 9.88 Å². The first-order valence-electron chi connectivity index (χ1n) is 7.11. The van der Waals surface area contributed by atoms with Crippen LogP contribution >= 0.6 is 0 Å². The van der Waals surface area contributed by atoms with Gasteiger partial charge in [-0.1, -0.05) is 13.3 Å². The van der Waals surface area contributed by atoms with Crippen molar-refractivity contribution in [2.75, 3.05) is 32.4 Å². The zero-order valence-corrected chi connectivity index (χ0v) is 13.3. The zero-order chi connectivity index (χ0) is 14.8. The van der Waals surface area contributed by atoms with Gasteiger partial charge in [0.25, 0.3) is 0 Å². The number of imidazole rings is 1. The van der Waals surface area contributed by atoms with E-state index in [0.717, 1.165) is 25.2 Å². The molecule has 0 N–H and O–H groups in total. The van der Waals surface area contributed by atoms with Crippen LogP contribution in [0.2, 0.25) is 0 Å². The van der Waals surface area contributed by atoms with Gasteiger partial charge >= 0.3 is 0 Å². The summed E-state index contributed by atoms with van der Waals surface area (Å²) in [5.74, 6) is 1.17. The molecule has 2 rings (SSSR count). The zero-order valence-electron chi connectivity index (χ0n) is 12.5. The fraction of sp³-hybridized carbons (Fsp3) is 0.769. The van der Waals surface area contributed by atoms with Crippen LogP contribution in [0.25, 0.3) is 0 Å². The minimum atomic E-state index is -3.14. The standard InChI is InChI=1S/C13H24N4O2S/c1-4-5-10-20(18,19)17-9-8-15(2)12(11-17)13-14-6-7-16(13)3/h6-7,12H,4-5,8-11H2,1-3H3/t12-/m1/s1. The number of rotatable bonds is 5. The van der Waals surface area contributed by atoms with Crippen molar-refractivity contribution >= 4 is 10.0 Å². The first-order valence-corrected chi connectivity index (χ1v) is 8.72. The number of piperazine rings is 1. The lowest BCUT2D eigenvalue weighted by Crippen LogP contribution is -2.50. The van der Waals surface area contributed by atoms with E-state index in [4.69, 9.17) is 0 Å². The molecule has 0 unspecified atom stereocenters. The van der Waals surface area contributed by atoms with E-state index in [0.29, 0.717) is 13.1 Å². The third kappa shape index (κ3) is 3.21. The van der Waals surface area contributed by atoms with Gasteiger partial charge in [0.2, 0.25) is 10.0 Å². The van der Waals surface area contributed by atoms with Crippen molar-refractivity contribution in [3.8, 4) is 0 Å². The maximum absolute atomic E-state index is 12.3. The molecular formula is C13H24N4O2S. The fourth-order valence-corrected chi connectivity index (χ4v) is 4.17. The van der Waals surface area contributed by atoms with Crippen molar-refractivity contribution in [2.45, 2.75) is 25.8 Å². The molecule has 20 heavy (non-hydrogen) atoms. The number of hydrogen-bond acceptors (Lipinski definition) is 4. The third-order valence-electron chi connectivity index (χ3n) is 3.92. The Bertz CT molecular complexity index is 540. The summed E-state index contributed by atoms with van der Waals surface area (Å²) in [7, 11) is 0.832. The maximum atomic E-state index is 12.3. The predicted molar refractivity (Wildman–Crippen MR) is 78.8 cm³/mol. The molecule has 7 heteroatoms. The molecule has 1 aliphatic rings. The molecule has 0 spiro atoms. The number of nitrogens with zero attached hydrogens (tertiary/aromatic N) is 4. The molecule has 1 saturated heterocycles. The van der Waals surface area contributed by atoms with E-state index in [1.54, 1.807) is 10.5 Å². The first-order chi connectivity index (χ1) is 9.45. The Morgan fingerprint density at radius 2 is 2.10 bits per heavy atom. The quantitative estimate of drug-likeness (QED) is 0.808. The molecule has 0 aliphatic carbocycles. The van der Waals surface area contributed by atoms with Gasteiger partial charge in [0, 0.05) is 39.1 Å². The van der Waals surface area contributed by atoms with Gasteiger partial charge in [-0.15, -0.1) is 0 Å². The minimum Gasteiger partial charge on any atom is -0.337 e. The Morgan fingerprint density at radius 3 is 2.70 bits per heavy atom. The van der Waals surface area contributed by atoms with Gasteiger partial charge in [-0.25, -0.2) is 13.4 Å². The van der Waals surface area contributed by atoms with Crippen LogP contribution in [0.5, 0.6) is 0 Å². The molecule has 6 nitrogen and oxygen atoms in total. The normalized spacial score (nSPS) is 22.2. The lowest BCUT2D eigenvalue weighted by molar-refractivity contribution is 0.140. The van der Waals surface area contributed by atoms with Crippen molar-refractivity contribution in [3.63, 3.8) is 0 Å². The fourth-order valence-electron chi connectivity index (χ4n) is 2.53. The number of likely N-dealkylation sites (N-methyl/N-ethyl adjacent to an activating group) is 1. The monoisotopic (exact) mass is 300 g/mol. The number of unbranched alkanes of at least 4 members (excludes halogenated alkanes) is 1. The van der Waals surface area contributed by atoms with Gasteiger partial charge in [0.05, 0.1) is 11.8 Å². The summed E-state index contributed by atoms with van der Waals surface area (Å²) in [5.41, 5.74) is 0. The van der Waals surface area contributed by atoms with E-state index >= 15 is 0 Å². The molecule has 2 heterocycles. The first kappa shape index (κ1) is 15.5. The molecule has 0 radical (unpaired) electrons. The van der Waals surface area contributed by atoms with Gasteiger partial charge in [-0.05, 0) is 13.5 Å². The third-order valence-corrected chi connectivity index (χ3v) is 5.84. The molecule has 1 aromatic heterocycles. The van der Waals surface area contributed by atoms with E-state index in [1.165, 1.54) is 0 Å². The highest BCUT2D eigenvalue weighted by molar-refractivity contribution is 7.89. The molecule has 1 fully saturated rings. The summed E-state index contributed by atoms with van der Waals surface area (Å²) in [6, 6.07) is 0.0279. The SMILES string of the molecule is CCCCS(=O)(=O)N1CCN(C)[C@@H](c2nccn2C)C1. The molecule has 1 atom stereocenters. The average Bonchev–Trinajstić information content (AvgIpc) is 2.83. The molecule has 114 valence electrons. The summed E-state index contributed by atoms with van der Waals surface area (Å²) < 4.78 is 28.3. The highest BCUT2D eigenvalue weighted by atomic mass is 32.2. The largest absolute Gasteiger partial charge is 0.337 e. The molecule has 0 bridgehead atoms. The Kier molecular flexibility index (Phi) is 4.82. The molecule has 0 amide bonds. The second-order valence-corrected chi connectivity index (χ2v) is 7.51. The highest BCUT2D eigenvalue weighted by Gasteiger charge is 2.33. The van der Waals surface area contributed by atoms with Crippen LogP contribution < -0.4 is 0 Å². The van der Waals surface area contributed by atoms with Gasteiger partial charge in [-0.3, -0.25) is 4.90 Å². The van der Waals surface area contributed by atoms with Crippen molar-refractivity contribution in [1.82, 2.24) is 18.8 Å². The van der Waals surface area contributed by atoms with Gasteiger partial charge in [0.15, 0.2) is 0 Å². The predicted octanol–water partition coefficient (Wildman–Crippen LogP) is 0.838. The van der Waals surface area contributed by atoms with Crippen LogP contribution in [0.1, 0.15) is 31.6 Å². The van der Waals surface area contributed by atoms with Crippen LogP contribution in [0.4, 0.5) is 0 Å². The lowest BCUT2D eigenvalue weighted by Gasteiger charge is -2.38. The number of hydrogen-bond donors (Lipinski definition) is 0. The topological polar surface area (TPSA) is 58.4 Å². The summed E-state index contributed by atoms with van der Waals surface area (Å²) in [4.78, 5) is 6.54. The molecule has 1 aliphatic heterocycles. The van der Waals surface area contributed by atoms with E-state index < -0.39 is 10.0 Å². The Morgan fingerprint density at radius 1 is 1.35 bits per heavy atom. The summed E-state index contributed by atoms with van der Waals surface area (Å²) in [5, 5.41) is 0. The van der Waals surface area contributed by atoms with Crippen LogP contribution in [0.15, 0.2) is 12.4 Å². The van der Waals surface area contributed by atoms with Crippen molar-refractivity contribution < 1.29 is 8.42 Å². The summed E-state index contributed by atoms with van der Waals surface area (Å²) in [6.45, 7) is 3.82. The smallest absolute Gasteiger partial charge is 0.214 e. The van der Waals surface area contributed by atoms with E-state index in [1.807, 2.05) is 31.8 Å². The highest BCUT2D eigenvalue weighted by Crippen LogP contribution is 2.24. The number of aromatic nitrogens is 2. The van der Waals surface area contributed by atoms with Crippen LogP contribution in [-0.2, 0) is 17.1 Å². The average molecular weight is 300 g/mol. The van der Waals surface area contributed by atoms with Gasteiger partial charge < -0.3 is 4.57 Å². The molecular weight excluding hydrogens is 276 g/mol. The second-order valence-electron chi connectivity index (χ2n) is 5.42. The summed E-state index contributed by atoms with van der Waals surface area (Å²) >= 11 is 0. The number of aryl methyl sites for hydroxylation is 1. The Hall–Kier alpha value is -0.920. The molecule has 0 saturated carbocycles. The van der Waals surface area contributed by atoms with Gasteiger partial charge in [0.1, 0.15) is 5.82 Å². The van der Waals surface area contributed by atoms with Crippen LogP contribution in [-0.4, -0.2) is 59.6 Å². The van der Waals surface area contributed by atoms with E-state index in [-0.39, 0.29) is 11.8 Å². The lowest BCUT2D eigenvalue weighted by atomic mass is 10.2. The molecule has 0 aromatic carbocycles. The van der Waals surface area contributed by atoms with Crippen molar-refractivity contribution in [3.05, 3.63) is 18.2 Å². The maximum Gasteiger partial charge on any atom is 0.214 e. The van der Waals surface area contributed by atoms with Gasteiger partial charge in [-0.2, -0.15) is 4.31 Å². The number of sulfonamides is 1. The minimum absolute atomic E-state index is 0.0279. The Labute approximate surface area is 121 Å². The van der Waals surface area contributed by atoms with Crippen molar-refractivity contribution in [2.24, 2.45) is 7.05 Å². The van der Waals surface area contributed by atoms with E-state index in [9.17, 15) is 8.42 Å². The molecule has 1 aromatic rings. The van der Waals surface area contributed by atoms with Crippen LogP contribution in [0, 0.1) is 0 Å². The summed E-state index contributed by atoms with van der Waals surface area (Å²) in [6.07, 6.45) is 5.28. The van der Waals surface area contributed by atoms with Crippen LogP contribution in [0.3, 0.4) is 0 Å². The second kappa shape index (κ2) is 6.24.